The summed E-state index contributed by atoms with van der Waals surface area (Å²) in [5.41, 5.74) is 2.68. The average molecular weight is 546 g/mol. The van der Waals surface area contributed by atoms with Gasteiger partial charge in [-0.05, 0) is 60.4 Å². The van der Waals surface area contributed by atoms with E-state index in [0.717, 1.165) is 29.3 Å². The molecule has 2 aromatic carbocycles. The first-order valence-corrected chi connectivity index (χ1v) is 13.3. The van der Waals surface area contributed by atoms with Crippen LogP contribution in [0.3, 0.4) is 0 Å². The smallest absolute Gasteiger partial charge is 0.263 e. The second-order valence-electron chi connectivity index (χ2n) is 10.1. The number of hydrogen-bond donors (Lipinski definition) is 2. The molecule has 1 aliphatic rings. The Bertz CT molecular complexity index is 1990. The lowest BCUT2D eigenvalue weighted by atomic mass is 10.0. The first kappa shape index (κ1) is 24.6. The predicted octanol–water partition coefficient (Wildman–Crippen LogP) is 5.42. The maximum Gasteiger partial charge on any atom is 0.263 e. The summed E-state index contributed by atoms with van der Waals surface area (Å²) in [7, 11) is 0. The van der Waals surface area contributed by atoms with E-state index in [0.29, 0.717) is 28.7 Å². The van der Waals surface area contributed by atoms with E-state index >= 15 is 0 Å². The number of hydrogen-bond acceptors (Lipinski definition) is 5. The van der Waals surface area contributed by atoms with E-state index in [1.54, 1.807) is 55.0 Å². The number of benzene rings is 2. The van der Waals surface area contributed by atoms with Crippen LogP contribution in [-0.4, -0.2) is 35.2 Å². The van der Waals surface area contributed by atoms with Crippen LogP contribution >= 0.6 is 0 Å². The number of H-pyrrole nitrogens is 1. The van der Waals surface area contributed by atoms with Crippen molar-refractivity contribution in [2.45, 2.75) is 25.4 Å². The van der Waals surface area contributed by atoms with Gasteiger partial charge in [-0.1, -0.05) is 36.4 Å². The van der Waals surface area contributed by atoms with Gasteiger partial charge in [-0.2, -0.15) is 0 Å². The minimum absolute atomic E-state index is 0.0344. The number of nitrogens with one attached hydrogen (secondary N) is 2. The molecule has 0 aliphatic heterocycles. The molecule has 4 aromatic heterocycles. The number of aromatic nitrogens is 6. The van der Waals surface area contributed by atoms with Gasteiger partial charge in [0, 0.05) is 34.9 Å². The molecule has 0 atom stereocenters. The van der Waals surface area contributed by atoms with Crippen molar-refractivity contribution in [3.05, 3.63) is 119 Å². The van der Waals surface area contributed by atoms with Gasteiger partial charge in [0.25, 0.3) is 11.5 Å². The first-order valence-electron chi connectivity index (χ1n) is 13.3. The molecular weight excluding hydrogens is 521 g/mol. The summed E-state index contributed by atoms with van der Waals surface area (Å²) in [5.74, 6) is -0.147. The van der Waals surface area contributed by atoms with Crippen LogP contribution in [0.25, 0.3) is 33.5 Å². The highest BCUT2D eigenvalue weighted by atomic mass is 19.1. The summed E-state index contributed by atoms with van der Waals surface area (Å²) >= 11 is 0. The van der Waals surface area contributed by atoms with Crippen LogP contribution in [0, 0.1) is 5.82 Å². The molecule has 0 unspecified atom stereocenters. The molecule has 4 heterocycles. The van der Waals surface area contributed by atoms with Gasteiger partial charge in [-0.3, -0.25) is 9.59 Å². The fraction of sp³-hybridized carbons (Fsp3) is 0.129. The number of nitrogens with zero attached hydrogens (tertiary/aromatic N) is 5. The summed E-state index contributed by atoms with van der Waals surface area (Å²) in [6.07, 6.45) is 7.31. The Morgan fingerprint density at radius 2 is 1.90 bits per heavy atom. The van der Waals surface area contributed by atoms with E-state index in [1.807, 2.05) is 35.0 Å². The zero-order valence-electron chi connectivity index (χ0n) is 21.8. The maximum atomic E-state index is 14.6. The van der Waals surface area contributed by atoms with Crippen LogP contribution in [0.4, 0.5) is 10.2 Å². The lowest BCUT2D eigenvalue weighted by molar-refractivity contribution is 0.102. The first-order chi connectivity index (χ1) is 20.0. The van der Waals surface area contributed by atoms with Gasteiger partial charge in [-0.15, -0.1) is 10.2 Å². The maximum absolute atomic E-state index is 14.6. The average Bonchev–Trinajstić information content (AvgIpc) is 3.49. The van der Waals surface area contributed by atoms with Crippen LogP contribution in [0.15, 0.2) is 96.3 Å². The normalized spacial score (nSPS) is 13.0. The molecule has 41 heavy (non-hydrogen) atoms. The third-order valence-electron chi connectivity index (χ3n) is 7.27. The molecule has 0 radical (unpaired) electrons. The molecule has 1 aliphatic carbocycles. The van der Waals surface area contributed by atoms with Crippen molar-refractivity contribution < 1.29 is 9.18 Å². The molecule has 9 nitrogen and oxygen atoms in total. The van der Waals surface area contributed by atoms with E-state index in [1.165, 1.54) is 10.6 Å². The molecule has 2 N–H and O–H groups in total. The number of rotatable bonds is 7. The SMILES string of the molecule is O=C(Nc1cccc(-c2nncn2C2CC2)n1)c1cc(-c2cccc3[nH]ccc23)cn(Cc2ccccc2F)c1=O. The molecule has 1 amide bonds. The Kier molecular flexibility index (Phi) is 6.00. The van der Waals surface area contributed by atoms with Crippen LogP contribution < -0.4 is 10.9 Å². The van der Waals surface area contributed by atoms with Crippen LogP contribution in [0.5, 0.6) is 0 Å². The van der Waals surface area contributed by atoms with Gasteiger partial charge in [-0.25, -0.2) is 9.37 Å². The number of pyridine rings is 2. The highest BCUT2D eigenvalue weighted by molar-refractivity contribution is 6.05. The minimum atomic E-state index is -0.617. The van der Waals surface area contributed by atoms with Gasteiger partial charge >= 0.3 is 0 Å². The van der Waals surface area contributed by atoms with Crippen molar-refractivity contribution >= 4 is 22.6 Å². The van der Waals surface area contributed by atoms with E-state index in [9.17, 15) is 14.0 Å². The number of aromatic amines is 1. The van der Waals surface area contributed by atoms with Crippen molar-refractivity contribution in [3.63, 3.8) is 0 Å². The quantitative estimate of drug-likeness (QED) is 0.278. The van der Waals surface area contributed by atoms with Gasteiger partial charge in [0.1, 0.15) is 29.2 Å². The molecule has 0 saturated heterocycles. The molecule has 0 spiro atoms. The number of halogens is 1. The predicted molar refractivity (Wildman–Crippen MR) is 153 cm³/mol. The zero-order chi connectivity index (χ0) is 27.9. The highest BCUT2D eigenvalue weighted by Crippen LogP contribution is 2.37. The van der Waals surface area contributed by atoms with Crippen molar-refractivity contribution in [1.29, 1.82) is 0 Å². The Labute approximate surface area is 233 Å². The summed E-state index contributed by atoms with van der Waals surface area (Å²) in [6.45, 7) is -0.0344. The Morgan fingerprint density at radius 3 is 2.76 bits per heavy atom. The van der Waals surface area contributed by atoms with E-state index in [4.69, 9.17) is 0 Å². The molecule has 0 bridgehead atoms. The fourth-order valence-corrected chi connectivity index (χ4v) is 5.07. The Morgan fingerprint density at radius 1 is 1.05 bits per heavy atom. The van der Waals surface area contributed by atoms with Gasteiger partial charge in [0.2, 0.25) is 0 Å². The van der Waals surface area contributed by atoms with Crippen LogP contribution in [0.1, 0.15) is 34.8 Å². The third kappa shape index (κ3) is 4.69. The largest absolute Gasteiger partial charge is 0.361 e. The third-order valence-corrected chi connectivity index (χ3v) is 7.27. The zero-order valence-corrected chi connectivity index (χ0v) is 21.8. The molecule has 6 aromatic rings. The summed E-state index contributed by atoms with van der Waals surface area (Å²) in [5, 5.41) is 12.0. The number of anilines is 1. The topological polar surface area (TPSA) is 110 Å². The molecule has 202 valence electrons. The van der Waals surface area contributed by atoms with E-state index in [2.05, 4.69) is 25.5 Å². The molecule has 7 rings (SSSR count). The molecule has 1 fully saturated rings. The number of fused-ring (bicyclic) bond motifs is 1. The Hall–Kier alpha value is -5.38. The number of carbonyl (C=O) groups excluding carboxylic acids is 1. The lowest BCUT2D eigenvalue weighted by Crippen LogP contribution is -2.30. The Balaban J connectivity index is 1.28. The summed E-state index contributed by atoms with van der Waals surface area (Å²) in [4.78, 5) is 35.0. The van der Waals surface area contributed by atoms with Crippen molar-refractivity contribution in [3.8, 4) is 22.6 Å². The summed E-state index contributed by atoms with van der Waals surface area (Å²) in [6, 6.07) is 21.1. The molecule has 1 saturated carbocycles. The van der Waals surface area contributed by atoms with Gasteiger partial charge in [0.05, 0.1) is 6.54 Å². The number of amides is 1. The van der Waals surface area contributed by atoms with Crippen molar-refractivity contribution in [1.82, 2.24) is 29.3 Å². The second-order valence-corrected chi connectivity index (χ2v) is 10.1. The highest BCUT2D eigenvalue weighted by Gasteiger charge is 2.27. The number of carbonyl (C=O) groups is 1. The fourth-order valence-electron chi connectivity index (χ4n) is 5.07. The van der Waals surface area contributed by atoms with Crippen LogP contribution in [0.2, 0.25) is 0 Å². The standard InChI is InChI=1S/C31H24FN7O2/c32-25-7-2-1-5-19(25)16-38-17-20(22-6-3-8-26-23(22)13-14-33-26)15-24(31(38)41)30(40)36-28-10-4-9-27(35-28)29-37-34-18-39(29)21-11-12-21/h1-10,13-15,17-18,21,33H,11-12,16H2,(H,35,36,40). The lowest BCUT2D eigenvalue weighted by Gasteiger charge is -2.14. The van der Waals surface area contributed by atoms with Crippen molar-refractivity contribution in [2.24, 2.45) is 0 Å². The van der Waals surface area contributed by atoms with E-state index in [-0.39, 0.29) is 17.9 Å². The van der Waals surface area contributed by atoms with Crippen LogP contribution in [-0.2, 0) is 6.54 Å². The van der Waals surface area contributed by atoms with E-state index < -0.39 is 17.3 Å². The summed E-state index contributed by atoms with van der Waals surface area (Å²) < 4.78 is 17.9. The van der Waals surface area contributed by atoms with Crippen molar-refractivity contribution in [2.75, 3.05) is 5.32 Å². The van der Waals surface area contributed by atoms with Gasteiger partial charge in [0.15, 0.2) is 5.82 Å². The monoisotopic (exact) mass is 545 g/mol. The minimum Gasteiger partial charge on any atom is -0.361 e. The molecule has 10 heteroatoms. The second kappa shape index (κ2) is 9.98. The van der Waals surface area contributed by atoms with Gasteiger partial charge < -0.3 is 19.4 Å². The molecular formula is C31H24FN7O2.